The lowest BCUT2D eigenvalue weighted by molar-refractivity contribution is -0.137. The Kier molecular flexibility index (Phi) is 4.27. The molecule has 2 aromatic rings. The number of hydrogen-bond acceptors (Lipinski definition) is 3. The molecule has 0 unspecified atom stereocenters. The summed E-state index contributed by atoms with van der Waals surface area (Å²) in [5.74, 6) is 1.39. The van der Waals surface area contributed by atoms with Crippen molar-refractivity contribution in [2.75, 3.05) is 7.11 Å². The second-order valence-electron chi connectivity index (χ2n) is 8.98. The summed E-state index contributed by atoms with van der Waals surface area (Å²) in [6.07, 6.45) is -2.96. The van der Waals surface area contributed by atoms with Crippen LogP contribution >= 0.6 is 0 Å². The lowest BCUT2D eigenvalue weighted by Gasteiger charge is -2.31. The Morgan fingerprint density at radius 3 is 2.28 bits per heavy atom. The molecule has 2 heterocycles. The lowest BCUT2D eigenvalue weighted by Crippen LogP contribution is -2.30. The van der Waals surface area contributed by atoms with Crippen LogP contribution in [-0.2, 0) is 19.0 Å². The van der Waals surface area contributed by atoms with E-state index >= 15 is 0 Å². The number of benzene rings is 2. The van der Waals surface area contributed by atoms with Gasteiger partial charge in [0.25, 0.3) is 0 Å². The number of aliphatic imine (C=N–C) groups is 1. The number of hydrogen-bond donors (Lipinski definition) is 0. The van der Waals surface area contributed by atoms with Gasteiger partial charge in [-0.3, -0.25) is 4.99 Å². The number of methoxy groups -OCH3 is 1. The molecule has 2 aliphatic rings. The highest BCUT2D eigenvalue weighted by Gasteiger charge is 2.40. The van der Waals surface area contributed by atoms with Gasteiger partial charge in [-0.25, -0.2) is 0 Å². The summed E-state index contributed by atoms with van der Waals surface area (Å²) in [7, 11) is 1.62. The molecule has 0 atom stereocenters. The van der Waals surface area contributed by atoms with Gasteiger partial charge in [0.1, 0.15) is 5.60 Å². The molecule has 2 aromatic carbocycles. The summed E-state index contributed by atoms with van der Waals surface area (Å²) in [6, 6.07) is 7.22. The Hall–Kier alpha value is -2.50. The molecule has 0 saturated heterocycles. The van der Waals surface area contributed by atoms with Gasteiger partial charge in [0, 0.05) is 23.1 Å². The van der Waals surface area contributed by atoms with E-state index in [1.165, 1.54) is 12.1 Å². The smallest absolute Gasteiger partial charge is 0.416 e. The van der Waals surface area contributed by atoms with Gasteiger partial charge in [0.05, 0.1) is 23.9 Å². The SMILES string of the molecule is COc1cc2c(c3c1OC(C)(C)C3)C(c1ccc(C(F)(F)F)cc1)=NC(C)(C)C2. The number of nitrogens with zero attached hydrogens (tertiary/aromatic N) is 1. The van der Waals surface area contributed by atoms with Crippen LogP contribution in [0.15, 0.2) is 35.3 Å². The van der Waals surface area contributed by atoms with Crippen LogP contribution in [-0.4, -0.2) is 24.0 Å². The monoisotopic (exact) mass is 403 g/mol. The van der Waals surface area contributed by atoms with Crippen molar-refractivity contribution in [3.63, 3.8) is 0 Å². The van der Waals surface area contributed by atoms with Crippen LogP contribution in [0.3, 0.4) is 0 Å². The molecule has 0 radical (unpaired) electrons. The summed E-state index contributed by atoms with van der Waals surface area (Å²) < 4.78 is 50.8. The minimum atomic E-state index is -4.36. The van der Waals surface area contributed by atoms with Crippen molar-refractivity contribution < 1.29 is 22.6 Å². The molecule has 0 spiro atoms. The van der Waals surface area contributed by atoms with Gasteiger partial charge >= 0.3 is 6.18 Å². The third-order valence-electron chi connectivity index (χ3n) is 5.39. The van der Waals surface area contributed by atoms with Crippen LogP contribution in [0.1, 0.15) is 55.5 Å². The highest BCUT2D eigenvalue weighted by Crippen LogP contribution is 2.47. The number of ether oxygens (including phenoxy) is 2. The highest BCUT2D eigenvalue weighted by atomic mass is 19.4. The van der Waals surface area contributed by atoms with Gasteiger partial charge in [-0.05, 0) is 57.9 Å². The highest BCUT2D eigenvalue weighted by molar-refractivity contribution is 6.16. The van der Waals surface area contributed by atoms with Crippen molar-refractivity contribution in [1.29, 1.82) is 0 Å². The molecule has 0 aromatic heterocycles. The zero-order valence-corrected chi connectivity index (χ0v) is 17.2. The van der Waals surface area contributed by atoms with Crippen LogP contribution in [0.2, 0.25) is 0 Å². The van der Waals surface area contributed by atoms with Gasteiger partial charge in [0.15, 0.2) is 11.5 Å². The number of rotatable bonds is 2. The summed E-state index contributed by atoms with van der Waals surface area (Å²) in [4.78, 5) is 4.94. The van der Waals surface area contributed by atoms with Crippen molar-refractivity contribution in [3.05, 3.63) is 58.1 Å². The third-order valence-corrected chi connectivity index (χ3v) is 5.39. The number of halogens is 3. The predicted octanol–water partition coefficient (Wildman–Crippen LogP) is 5.60. The maximum atomic E-state index is 13.0. The predicted molar refractivity (Wildman–Crippen MR) is 106 cm³/mol. The molecule has 3 nitrogen and oxygen atoms in total. The molecule has 0 amide bonds. The maximum absolute atomic E-state index is 13.0. The minimum absolute atomic E-state index is 0.376. The minimum Gasteiger partial charge on any atom is -0.493 e. The van der Waals surface area contributed by atoms with E-state index in [4.69, 9.17) is 14.5 Å². The number of alkyl halides is 3. The van der Waals surface area contributed by atoms with Gasteiger partial charge in [-0.1, -0.05) is 12.1 Å². The van der Waals surface area contributed by atoms with E-state index in [0.29, 0.717) is 29.2 Å². The largest absolute Gasteiger partial charge is 0.493 e. The van der Waals surface area contributed by atoms with Crippen LogP contribution in [0, 0.1) is 0 Å². The Balaban J connectivity index is 1.91. The quantitative estimate of drug-likeness (QED) is 0.654. The molecular weight excluding hydrogens is 379 g/mol. The van der Waals surface area contributed by atoms with Crippen molar-refractivity contribution in [1.82, 2.24) is 0 Å². The second-order valence-corrected chi connectivity index (χ2v) is 8.98. The first kappa shape index (κ1) is 19.8. The first-order chi connectivity index (χ1) is 13.4. The van der Waals surface area contributed by atoms with Crippen molar-refractivity contribution in [2.24, 2.45) is 4.99 Å². The maximum Gasteiger partial charge on any atom is 0.416 e. The first-order valence-corrected chi connectivity index (χ1v) is 9.60. The van der Waals surface area contributed by atoms with Crippen LogP contribution < -0.4 is 9.47 Å². The fraction of sp³-hybridized carbons (Fsp3) is 0.435. The van der Waals surface area contributed by atoms with Gasteiger partial charge in [0.2, 0.25) is 0 Å². The number of fused-ring (bicyclic) bond motifs is 3. The third kappa shape index (κ3) is 3.49. The van der Waals surface area contributed by atoms with Crippen molar-refractivity contribution in [3.8, 4) is 11.5 Å². The Bertz CT molecular complexity index is 1000. The fourth-order valence-electron chi connectivity index (χ4n) is 4.25. The molecule has 29 heavy (non-hydrogen) atoms. The average Bonchev–Trinajstić information content (AvgIpc) is 2.93. The van der Waals surface area contributed by atoms with Gasteiger partial charge < -0.3 is 9.47 Å². The van der Waals surface area contributed by atoms with E-state index < -0.39 is 11.7 Å². The fourth-order valence-corrected chi connectivity index (χ4v) is 4.25. The first-order valence-electron chi connectivity index (χ1n) is 9.60. The summed E-state index contributed by atoms with van der Waals surface area (Å²) in [5, 5.41) is 0. The molecule has 0 saturated carbocycles. The zero-order chi connectivity index (χ0) is 21.2. The molecule has 4 rings (SSSR count). The Labute approximate surface area is 168 Å². The standard InChI is InChI=1S/C23H24F3NO2/c1-21(2)11-14-10-17(28-5)20-16(12-22(3,4)29-20)18(14)19(27-21)13-6-8-15(9-7-13)23(24,25)26/h6-10H,11-12H2,1-5H3. The summed E-state index contributed by atoms with van der Waals surface area (Å²) in [6.45, 7) is 8.08. The Morgan fingerprint density at radius 1 is 1.03 bits per heavy atom. The molecule has 2 aliphatic heterocycles. The lowest BCUT2D eigenvalue weighted by atomic mass is 9.81. The zero-order valence-electron chi connectivity index (χ0n) is 17.2. The summed E-state index contributed by atoms with van der Waals surface area (Å²) in [5.41, 5.74) is 3.01. The van der Waals surface area contributed by atoms with E-state index in [2.05, 4.69) is 0 Å². The van der Waals surface area contributed by atoms with Crippen LogP contribution in [0.25, 0.3) is 0 Å². The molecule has 6 heteroatoms. The van der Waals surface area contributed by atoms with Crippen LogP contribution in [0.5, 0.6) is 11.5 Å². The van der Waals surface area contributed by atoms with Crippen molar-refractivity contribution >= 4 is 5.71 Å². The van der Waals surface area contributed by atoms with E-state index in [9.17, 15) is 13.2 Å². The van der Waals surface area contributed by atoms with Gasteiger partial charge in [-0.2, -0.15) is 13.2 Å². The van der Waals surface area contributed by atoms with E-state index in [1.54, 1.807) is 7.11 Å². The molecule has 0 aliphatic carbocycles. The molecule has 0 N–H and O–H groups in total. The molecular formula is C23H24F3NO2. The molecule has 154 valence electrons. The molecule has 0 bridgehead atoms. The Morgan fingerprint density at radius 2 is 1.69 bits per heavy atom. The van der Waals surface area contributed by atoms with E-state index in [0.717, 1.165) is 35.2 Å². The normalized spacial score (nSPS) is 19.1. The summed E-state index contributed by atoms with van der Waals surface area (Å²) >= 11 is 0. The topological polar surface area (TPSA) is 30.8 Å². The van der Waals surface area contributed by atoms with Gasteiger partial charge in [-0.15, -0.1) is 0 Å². The molecule has 0 fully saturated rings. The van der Waals surface area contributed by atoms with E-state index in [1.807, 2.05) is 33.8 Å². The van der Waals surface area contributed by atoms with E-state index in [-0.39, 0.29) is 11.1 Å². The average molecular weight is 403 g/mol. The van der Waals surface area contributed by atoms with Crippen molar-refractivity contribution in [2.45, 2.75) is 57.9 Å². The van der Waals surface area contributed by atoms with Crippen LogP contribution in [0.4, 0.5) is 13.2 Å². The second kappa shape index (κ2) is 6.25.